The van der Waals surface area contributed by atoms with E-state index in [1.807, 2.05) is 31.2 Å². The topological polar surface area (TPSA) is 72.8 Å². The van der Waals surface area contributed by atoms with Crippen LogP contribution in [0, 0.1) is 0 Å². The Morgan fingerprint density at radius 1 is 1.05 bits per heavy atom. The van der Waals surface area contributed by atoms with Crippen LogP contribution in [0.25, 0.3) is 11.1 Å². The lowest BCUT2D eigenvalue weighted by Crippen LogP contribution is -2.11. The van der Waals surface area contributed by atoms with E-state index in [2.05, 4.69) is 0 Å². The summed E-state index contributed by atoms with van der Waals surface area (Å²) in [6.45, 7) is 2.01. The second-order valence-electron chi connectivity index (χ2n) is 4.55. The lowest BCUT2D eigenvalue weighted by atomic mass is 9.94. The minimum Gasteiger partial charge on any atom is -0.465 e. The molecule has 0 heterocycles. The van der Waals surface area contributed by atoms with Gasteiger partial charge in [-0.05, 0) is 23.6 Å². The molecule has 0 aliphatic heterocycles. The highest BCUT2D eigenvalue weighted by molar-refractivity contribution is 6.01. The van der Waals surface area contributed by atoms with Crippen LogP contribution in [0.4, 0.5) is 4.79 Å². The van der Waals surface area contributed by atoms with Gasteiger partial charge in [0.1, 0.15) is 11.3 Å². The van der Waals surface area contributed by atoms with E-state index in [9.17, 15) is 9.59 Å². The molecule has 0 atom stereocenters. The molecule has 0 spiro atoms. The fourth-order valence-electron chi connectivity index (χ4n) is 2.34. The molecule has 0 aliphatic rings. The van der Waals surface area contributed by atoms with Gasteiger partial charge in [0.05, 0.1) is 7.11 Å². The molecule has 2 aromatic rings. The maximum Gasteiger partial charge on any atom is 0.511 e. The van der Waals surface area contributed by atoms with E-state index in [-0.39, 0.29) is 11.3 Å². The van der Waals surface area contributed by atoms with Gasteiger partial charge in [0.25, 0.3) is 0 Å². The van der Waals surface area contributed by atoms with Crippen molar-refractivity contribution in [3.8, 4) is 16.9 Å². The molecule has 0 radical (unpaired) electrons. The van der Waals surface area contributed by atoms with E-state index in [1.54, 1.807) is 12.1 Å². The average molecular weight is 300 g/mol. The Morgan fingerprint density at radius 3 is 2.36 bits per heavy atom. The number of aryl methyl sites for hydroxylation is 1. The number of carbonyl (C=O) groups excluding carboxylic acids is 1. The van der Waals surface area contributed by atoms with Gasteiger partial charge in [-0.15, -0.1) is 0 Å². The van der Waals surface area contributed by atoms with Crippen LogP contribution in [0.2, 0.25) is 0 Å². The maximum absolute atomic E-state index is 12.1. The van der Waals surface area contributed by atoms with E-state index in [4.69, 9.17) is 14.6 Å². The molecular weight excluding hydrogens is 284 g/mol. The predicted molar refractivity (Wildman–Crippen MR) is 81.2 cm³/mol. The standard InChI is InChI=1S/C17H16O5/c1-3-11-7-4-5-8-12(11)13-9-6-10-14(22-17(19)20)15(13)16(18)21-2/h4-10H,3H2,1-2H3,(H,19,20). The maximum atomic E-state index is 12.1. The molecule has 5 nitrogen and oxygen atoms in total. The first-order valence-corrected chi connectivity index (χ1v) is 6.78. The SMILES string of the molecule is CCc1ccccc1-c1cccc(OC(=O)O)c1C(=O)OC. The number of esters is 1. The zero-order valence-corrected chi connectivity index (χ0v) is 12.3. The Bertz CT molecular complexity index is 706. The number of benzene rings is 2. The van der Waals surface area contributed by atoms with E-state index >= 15 is 0 Å². The van der Waals surface area contributed by atoms with E-state index in [0.717, 1.165) is 17.5 Å². The van der Waals surface area contributed by atoms with Crippen molar-refractivity contribution < 1.29 is 24.2 Å². The summed E-state index contributed by atoms with van der Waals surface area (Å²) in [5.41, 5.74) is 2.58. The summed E-state index contributed by atoms with van der Waals surface area (Å²) < 4.78 is 9.50. The minimum atomic E-state index is -1.48. The quantitative estimate of drug-likeness (QED) is 0.687. The first kappa shape index (κ1) is 15.6. The van der Waals surface area contributed by atoms with E-state index < -0.39 is 12.1 Å². The first-order chi connectivity index (χ1) is 10.6. The van der Waals surface area contributed by atoms with Crippen LogP contribution < -0.4 is 4.74 Å². The van der Waals surface area contributed by atoms with Crippen molar-refractivity contribution in [1.82, 2.24) is 0 Å². The number of hydrogen-bond acceptors (Lipinski definition) is 4. The van der Waals surface area contributed by atoms with Crippen LogP contribution in [-0.2, 0) is 11.2 Å². The third kappa shape index (κ3) is 3.09. The number of ether oxygens (including phenoxy) is 2. The molecule has 0 saturated carbocycles. The van der Waals surface area contributed by atoms with Crippen molar-refractivity contribution in [3.05, 3.63) is 53.6 Å². The van der Waals surface area contributed by atoms with Gasteiger partial charge in [0, 0.05) is 5.56 Å². The fourth-order valence-corrected chi connectivity index (χ4v) is 2.34. The molecule has 0 aliphatic carbocycles. The normalized spacial score (nSPS) is 10.1. The van der Waals surface area contributed by atoms with Crippen LogP contribution in [0.5, 0.6) is 5.75 Å². The molecule has 0 amide bonds. The molecule has 0 saturated heterocycles. The molecule has 0 fully saturated rings. The summed E-state index contributed by atoms with van der Waals surface area (Å²) in [4.78, 5) is 22.9. The Labute approximate surface area is 128 Å². The average Bonchev–Trinajstić information content (AvgIpc) is 2.53. The van der Waals surface area contributed by atoms with Gasteiger partial charge < -0.3 is 14.6 Å². The van der Waals surface area contributed by atoms with Crippen LogP contribution in [0.15, 0.2) is 42.5 Å². The molecule has 22 heavy (non-hydrogen) atoms. The van der Waals surface area contributed by atoms with Crippen LogP contribution in [-0.4, -0.2) is 24.3 Å². The number of methoxy groups -OCH3 is 1. The zero-order valence-electron chi connectivity index (χ0n) is 12.3. The molecule has 0 aromatic heterocycles. The summed E-state index contributed by atoms with van der Waals surface area (Å²) in [5.74, 6) is -0.680. The van der Waals surface area contributed by atoms with Crippen molar-refractivity contribution in [2.24, 2.45) is 0 Å². The predicted octanol–water partition coefficient (Wildman–Crippen LogP) is 3.76. The van der Waals surface area contributed by atoms with Crippen molar-refractivity contribution in [1.29, 1.82) is 0 Å². The smallest absolute Gasteiger partial charge is 0.465 e. The number of carbonyl (C=O) groups is 2. The van der Waals surface area contributed by atoms with Gasteiger partial charge in [-0.2, -0.15) is 0 Å². The summed E-state index contributed by atoms with van der Waals surface area (Å²) in [7, 11) is 1.25. The van der Waals surface area contributed by atoms with E-state index in [1.165, 1.54) is 13.2 Å². The summed E-state index contributed by atoms with van der Waals surface area (Å²) in [6.07, 6.45) is -0.702. The summed E-state index contributed by atoms with van der Waals surface area (Å²) in [6, 6.07) is 12.4. The van der Waals surface area contributed by atoms with Gasteiger partial charge >= 0.3 is 12.1 Å². The third-order valence-electron chi connectivity index (χ3n) is 3.30. The largest absolute Gasteiger partial charge is 0.511 e. The minimum absolute atomic E-state index is 0.0391. The Kier molecular flexibility index (Phi) is 4.78. The molecule has 2 rings (SSSR count). The van der Waals surface area contributed by atoms with Gasteiger partial charge in [-0.3, -0.25) is 0 Å². The van der Waals surface area contributed by atoms with Crippen LogP contribution in [0.3, 0.4) is 0 Å². The molecule has 1 N–H and O–H groups in total. The highest BCUT2D eigenvalue weighted by atomic mass is 16.7. The molecule has 5 heteroatoms. The fraction of sp³-hybridized carbons (Fsp3) is 0.176. The second-order valence-corrected chi connectivity index (χ2v) is 4.55. The highest BCUT2D eigenvalue weighted by Gasteiger charge is 2.22. The number of rotatable bonds is 4. The molecule has 2 aromatic carbocycles. The second kappa shape index (κ2) is 6.76. The Balaban J connectivity index is 2.69. The number of carboxylic acid groups (broad SMARTS) is 1. The molecule has 114 valence electrons. The van der Waals surface area contributed by atoms with Crippen LogP contribution >= 0.6 is 0 Å². The van der Waals surface area contributed by atoms with E-state index in [0.29, 0.717) is 5.56 Å². The van der Waals surface area contributed by atoms with Crippen LogP contribution in [0.1, 0.15) is 22.8 Å². The molecule has 0 bridgehead atoms. The Morgan fingerprint density at radius 2 is 1.73 bits per heavy atom. The lowest BCUT2D eigenvalue weighted by Gasteiger charge is -2.14. The van der Waals surface area contributed by atoms with Crippen molar-refractivity contribution in [3.63, 3.8) is 0 Å². The van der Waals surface area contributed by atoms with Crippen molar-refractivity contribution in [2.75, 3.05) is 7.11 Å². The first-order valence-electron chi connectivity index (χ1n) is 6.78. The molecule has 0 unspecified atom stereocenters. The summed E-state index contributed by atoms with van der Waals surface area (Å²) in [5, 5.41) is 8.83. The van der Waals surface area contributed by atoms with Crippen molar-refractivity contribution in [2.45, 2.75) is 13.3 Å². The Hall–Kier alpha value is -2.82. The van der Waals surface area contributed by atoms with Gasteiger partial charge in [-0.1, -0.05) is 43.3 Å². The van der Waals surface area contributed by atoms with Crippen molar-refractivity contribution >= 4 is 12.1 Å². The zero-order chi connectivity index (χ0) is 16.1. The van der Waals surface area contributed by atoms with Gasteiger partial charge in [0.15, 0.2) is 0 Å². The molecular formula is C17H16O5. The van der Waals surface area contributed by atoms with Gasteiger partial charge in [0.2, 0.25) is 0 Å². The number of hydrogen-bond donors (Lipinski definition) is 1. The van der Waals surface area contributed by atoms with Gasteiger partial charge in [-0.25, -0.2) is 9.59 Å². The monoisotopic (exact) mass is 300 g/mol. The summed E-state index contributed by atoms with van der Waals surface area (Å²) >= 11 is 0. The third-order valence-corrected chi connectivity index (χ3v) is 3.30. The highest BCUT2D eigenvalue weighted by Crippen LogP contribution is 2.33. The lowest BCUT2D eigenvalue weighted by molar-refractivity contribution is 0.0598.